The Hall–Kier alpha value is -1.94. The van der Waals surface area contributed by atoms with Gasteiger partial charge in [-0.2, -0.15) is 0 Å². The Morgan fingerprint density at radius 3 is 2.74 bits per heavy atom. The Balaban J connectivity index is 1.86. The zero-order valence-corrected chi connectivity index (χ0v) is 10.7. The highest BCUT2D eigenvalue weighted by molar-refractivity contribution is 7.17. The van der Waals surface area contributed by atoms with Crippen molar-refractivity contribution in [3.05, 3.63) is 65.0 Å². The molecule has 1 aromatic heterocycles. The van der Waals surface area contributed by atoms with E-state index in [-0.39, 0.29) is 18.2 Å². The molecule has 0 bridgehead atoms. The van der Waals surface area contributed by atoms with Gasteiger partial charge in [-0.1, -0.05) is 12.1 Å². The maximum Gasteiger partial charge on any atom is 0.165 e. The average Bonchev–Trinajstić information content (AvgIpc) is 2.80. The highest BCUT2D eigenvalue weighted by atomic mass is 32.1. The molecule has 0 spiro atoms. The minimum Gasteiger partial charge on any atom is -0.486 e. The number of hydrogen-bond donors (Lipinski definition) is 0. The SMILES string of the molecule is Fc1ccc2scc(COc3ccccc3F)c2c1. The van der Waals surface area contributed by atoms with Crippen LogP contribution >= 0.6 is 11.3 Å². The summed E-state index contributed by atoms with van der Waals surface area (Å²) in [5.74, 6) is -0.468. The fourth-order valence-electron chi connectivity index (χ4n) is 1.88. The minimum atomic E-state index is -0.395. The van der Waals surface area contributed by atoms with E-state index in [9.17, 15) is 8.78 Å². The molecule has 0 fully saturated rings. The Morgan fingerprint density at radius 1 is 1.05 bits per heavy atom. The molecule has 3 aromatic rings. The van der Waals surface area contributed by atoms with Gasteiger partial charge in [-0.05, 0) is 35.7 Å². The first kappa shape index (κ1) is 12.1. The number of rotatable bonds is 3. The molecule has 19 heavy (non-hydrogen) atoms. The molecule has 2 aromatic carbocycles. The Morgan fingerprint density at radius 2 is 1.89 bits per heavy atom. The highest BCUT2D eigenvalue weighted by Crippen LogP contribution is 2.28. The topological polar surface area (TPSA) is 9.23 Å². The van der Waals surface area contributed by atoms with Crippen molar-refractivity contribution >= 4 is 21.4 Å². The van der Waals surface area contributed by atoms with E-state index >= 15 is 0 Å². The maximum atomic E-state index is 13.4. The van der Waals surface area contributed by atoms with Crippen LogP contribution in [0.4, 0.5) is 8.78 Å². The van der Waals surface area contributed by atoms with Crippen LogP contribution in [0, 0.1) is 11.6 Å². The molecule has 0 aliphatic heterocycles. The number of benzene rings is 2. The summed E-state index contributed by atoms with van der Waals surface area (Å²) >= 11 is 1.52. The molecule has 0 unspecified atom stereocenters. The second-order valence-corrected chi connectivity index (χ2v) is 5.03. The van der Waals surface area contributed by atoms with Crippen LogP contribution < -0.4 is 4.74 Å². The van der Waals surface area contributed by atoms with Gasteiger partial charge >= 0.3 is 0 Å². The van der Waals surface area contributed by atoms with Gasteiger partial charge in [0.05, 0.1) is 0 Å². The van der Waals surface area contributed by atoms with E-state index in [1.165, 1.54) is 29.5 Å². The third-order valence-corrected chi connectivity index (χ3v) is 3.85. The van der Waals surface area contributed by atoms with Gasteiger partial charge in [0, 0.05) is 15.6 Å². The van der Waals surface area contributed by atoms with Gasteiger partial charge in [0.2, 0.25) is 0 Å². The standard InChI is InChI=1S/C15H10F2OS/c16-11-5-6-15-12(7-11)10(9-19-15)8-18-14-4-2-1-3-13(14)17/h1-7,9H,8H2. The first-order chi connectivity index (χ1) is 9.24. The van der Waals surface area contributed by atoms with Crippen LogP contribution in [-0.4, -0.2) is 0 Å². The van der Waals surface area contributed by atoms with E-state index < -0.39 is 5.82 Å². The van der Waals surface area contributed by atoms with E-state index in [0.29, 0.717) is 0 Å². The van der Waals surface area contributed by atoms with Crippen molar-refractivity contribution in [3.8, 4) is 5.75 Å². The van der Waals surface area contributed by atoms with Crippen molar-refractivity contribution in [3.63, 3.8) is 0 Å². The normalized spacial score (nSPS) is 10.8. The fraction of sp³-hybridized carbons (Fsp3) is 0.0667. The van der Waals surface area contributed by atoms with Crippen LogP contribution in [0.1, 0.15) is 5.56 Å². The number of thiophene rings is 1. The van der Waals surface area contributed by atoms with Crippen LogP contribution in [0.15, 0.2) is 47.8 Å². The van der Waals surface area contributed by atoms with E-state index in [4.69, 9.17) is 4.74 Å². The van der Waals surface area contributed by atoms with Crippen molar-refractivity contribution in [2.45, 2.75) is 6.61 Å². The third-order valence-electron chi connectivity index (χ3n) is 2.84. The molecule has 0 saturated heterocycles. The van der Waals surface area contributed by atoms with Gasteiger partial charge in [-0.15, -0.1) is 11.3 Å². The summed E-state index contributed by atoms with van der Waals surface area (Å²) in [6.07, 6.45) is 0. The van der Waals surface area contributed by atoms with Gasteiger partial charge in [0.15, 0.2) is 11.6 Å². The van der Waals surface area contributed by atoms with E-state index in [1.54, 1.807) is 24.3 Å². The zero-order chi connectivity index (χ0) is 13.2. The molecule has 0 N–H and O–H groups in total. The molecular weight excluding hydrogens is 266 g/mol. The fourth-order valence-corrected chi connectivity index (χ4v) is 2.81. The number of hydrogen-bond acceptors (Lipinski definition) is 2. The highest BCUT2D eigenvalue weighted by Gasteiger charge is 2.07. The first-order valence-corrected chi connectivity index (χ1v) is 6.65. The maximum absolute atomic E-state index is 13.4. The van der Waals surface area contributed by atoms with Crippen molar-refractivity contribution in [2.75, 3.05) is 0 Å². The lowest BCUT2D eigenvalue weighted by Crippen LogP contribution is -1.96. The van der Waals surface area contributed by atoms with Crippen molar-refractivity contribution in [1.82, 2.24) is 0 Å². The molecule has 3 rings (SSSR count). The van der Waals surface area contributed by atoms with Crippen LogP contribution in [0.25, 0.3) is 10.1 Å². The Labute approximate surface area is 113 Å². The van der Waals surface area contributed by atoms with Crippen molar-refractivity contribution in [1.29, 1.82) is 0 Å². The summed E-state index contributed by atoms with van der Waals surface area (Å²) in [7, 11) is 0. The predicted molar refractivity (Wildman–Crippen MR) is 72.5 cm³/mol. The molecule has 0 aliphatic carbocycles. The summed E-state index contributed by atoms with van der Waals surface area (Å²) in [5, 5.41) is 2.73. The van der Waals surface area contributed by atoms with Gasteiger partial charge in [0.1, 0.15) is 12.4 Å². The first-order valence-electron chi connectivity index (χ1n) is 5.77. The average molecular weight is 276 g/mol. The molecular formula is C15H10F2OS. The summed E-state index contributed by atoms with van der Waals surface area (Å²) in [4.78, 5) is 0. The number of fused-ring (bicyclic) bond motifs is 1. The van der Waals surface area contributed by atoms with Crippen molar-refractivity contribution in [2.24, 2.45) is 0 Å². The Bertz CT molecular complexity index is 721. The lowest BCUT2D eigenvalue weighted by Gasteiger charge is -2.06. The molecule has 0 saturated carbocycles. The molecule has 1 nitrogen and oxygen atoms in total. The van der Waals surface area contributed by atoms with E-state index in [2.05, 4.69) is 0 Å². The van der Waals surface area contributed by atoms with Crippen LogP contribution in [-0.2, 0) is 6.61 Å². The predicted octanol–water partition coefficient (Wildman–Crippen LogP) is 4.76. The van der Waals surface area contributed by atoms with Crippen molar-refractivity contribution < 1.29 is 13.5 Å². The third kappa shape index (κ3) is 2.44. The van der Waals surface area contributed by atoms with Gasteiger partial charge in [-0.3, -0.25) is 0 Å². The van der Waals surface area contributed by atoms with Gasteiger partial charge < -0.3 is 4.74 Å². The number of ether oxygens (including phenoxy) is 1. The largest absolute Gasteiger partial charge is 0.486 e. The smallest absolute Gasteiger partial charge is 0.165 e. The molecule has 4 heteroatoms. The number of halogens is 2. The van der Waals surface area contributed by atoms with Gasteiger partial charge in [-0.25, -0.2) is 8.78 Å². The molecule has 0 aliphatic rings. The minimum absolute atomic E-state index is 0.207. The quantitative estimate of drug-likeness (QED) is 0.670. The van der Waals surface area contributed by atoms with Crippen LogP contribution in [0.5, 0.6) is 5.75 Å². The zero-order valence-electron chi connectivity index (χ0n) is 9.90. The van der Waals surface area contributed by atoms with Crippen LogP contribution in [0.3, 0.4) is 0 Å². The Kier molecular flexibility index (Phi) is 3.17. The summed E-state index contributed by atoms with van der Waals surface area (Å²) in [6, 6.07) is 10.9. The molecule has 96 valence electrons. The lowest BCUT2D eigenvalue weighted by atomic mass is 10.2. The summed E-state index contributed by atoms with van der Waals surface area (Å²) < 4.78 is 33.1. The molecule has 0 radical (unpaired) electrons. The van der Waals surface area contributed by atoms with Gasteiger partial charge in [0.25, 0.3) is 0 Å². The summed E-state index contributed by atoms with van der Waals surface area (Å²) in [6.45, 7) is 0.227. The molecule has 0 amide bonds. The second-order valence-electron chi connectivity index (χ2n) is 4.12. The summed E-state index contributed by atoms with van der Waals surface area (Å²) in [5.41, 5.74) is 0.864. The molecule has 1 heterocycles. The van der Waals surface area contributed by atoms with E-state index in [0.717, 1.165) is 15.6 Å². The monoisotopic (exact) mass is 276 g/mol. The second kappa shape index (κ2) is 4.97. The van der Waals surface area contributed by atoms with E-state index in [1.807, 2.05) is 5.38 Å². The lowest BCUT2D eigenvalue weighted by molar-refractivity contribution is 0.292. The molecule has 0 atom stereocenters. The number of para-hydroxylation sites is 1. The van der Waals surface area contributed by atoms with Crippen LogP contribution in [0.2, 0.25) is 0 Å².